The summed E-state index contributed by atoms with van der Waals surface area (Å²) in [7, 11) is 0. The number of hydrogen-bond acceptors (Lipinski definition) is 5. The third kappa shape index (κ3) is 6.06. The third-order valence-corrected chi connectivity index (χ3v) is 6.19. The molecule has 29 heavy (non-hydrogen) atoms. The lowest BCUT2D eigenvalue weighted by atomic mass is 10.1. The second-order valence-electron chi connectivity index (χ2n) is 7.72. The number of nitrogens with zero attached hydrogens (tertiary/aromatic N) is 2. The van der Waals surface area contributed by atoms with E-state index in [-0.39, 0.29) is 29.4 Å². The Morgan fingerprint density at radius 3 is 2.97 bits per heavy atom. The number of nitrogens with one attached hydrogen (secondary N) is 1. The summed E-state index contributed by atoms with van der Waals surface area (Å²) in [5, 5.41) is 4.24. The lowest BCUT2D eigenvalue weighted by Crippen LogP contribution is -2.34. The summed E-state index contributed by atoms with van der Waals surface area (Å²) in [6.07, 6.45) is 6.46. The molecule has 1 aliphatic rings. The molecule has 1 fully saturated rings. The molecule has 0 saturated carbocycles. The molecule has 2 heterocycles. The maximum Gasteiger partial charge on any atom is 0.262 e. The maximum absolute atomic E-state index is 13.1. The van der Waals surface area contributed by atoms with Crippen LogP contribution in [0.3, 0.4) is 0 Å². The molecule has 0 radical (unpaired) electrons. The Morgan fingerprint density at radius 2 is 2.21 bits per heavy atom. The van der Waals surface area contributed by atoms with Gasteiger partial charge in [-0.1, -0.05) is 50.1 Å². The number of aromatic nitrogens is 2. The van der Waals surface area contributed by atoms with Gasteiger partial charge in [0, 0.05) is 12.6 Å². The number of unbranched alkanes of at least 4 members (excludes halogenated alkanes) is 2. The van der Waals surface area contributed by atoms with Crippen LogP contribution in [0.4, 0.5) is 0 Å². The van der Waals surface area contributed by atoms with Crippen LogP contribution >= 0.6 is 11.8 Å². The zero-order valence-electron chi connectivity index (χ0n) is 17.4. The van der Waals surface area contributed by atoms with Crippen LogP contribution < -0.4 is 10.9 Å². The van der Waals surface area contributed by atoms with Gasteiger partial charge in [0.2, 0.25) is 5.91 Å². The average molecular weight is 418 g/mol. The first-order valence-corrected chi connectivity index (χ1v) is 11.6. The molecule has 158 valence electrons. The molecule has 1 aromatic carbocycles. The van der Waals surface area contributed by atoms with Crippen LogP contribution in [0.15, 0.2) is 34.2 Å². The van der Waals surface area contributed by atoms with E-state index < -0.39 is 0 Å². The number of ether oxygens (including phenoxy) is 1. The van der Waals surface area contributed by atoms with E-state index >= 15 is 0 Å². The fourth-order valence-corrected chi connectivity index (χ4v) is 4.45. The molecular weight excluding hydrogens is 386 g/mol. The van der Waals surface area contributed by atoms with E-state index in [0.717, 1.165) is 32.3 Å². The van der Waals surface area contributed by atoms with Gasteiger partial charge in [-0.2, -0.15) is 0 Å². The van der Waals surface area contributed by atoms with Gasteiger partial charge in [0.05, 0.1) is 29.3 Å². The summed E-state index contributed by atoms with van der Waals surface area (Å²) >= 11 is 1.32. The Hall–Kier alpha value is -1.86. The molecule has 1 N–H and O–H groups in total. The first kappa shape index (κ1) is 21.8. The predicted molar refractivity (Wildman–Crippen MR) is 117 cm³/mol. The zero-order chi connectivity index (χ0) is 20.6. The van der Waals surface area contributed by atoms with E-state index in [1.54, 1.807) is 10.6 Å². The van der Waals surface area contributed by atoms with Gasteiger partial charge in [-0.25, -0.2) is 4.98 Å². The molecule has 0 spiro atoms. The maximum atomic E-state index is 13.1. The topological polar surface area (TPSA) is 73.2 Å². The van der Waals surface area contributed by atoms with Crippen molar-refractivity contribution in [3.8, 4) is 0 Å². The van der Waals surface area contributed by atoms with Gasteiger partial charge in [-0.15, -0.1) is 0 Å². The monoisotopic (exact) mass is 417 g/mol. The van der Waals surface area contributed by atoms with Crippen molar-refractivity contribution < 1.29 is 9.53 Å². The van der Waals surface area contributed by atoms with Gasteiger partial charge in [0.1, 0.15) is 0 Å². The zero-order valence-corrected chi connectivity index (χ0v) is 18.2. The van der Waals surface area contributed by atoms with Crippen LogP contribution in [-0.2, 0) is 16.1 Å². The van der Waals surface area contributed by atoms with E-state index in [2.05, 4.69) is 17.2 Å². The molecule has 0 unspecified atom stereocenters. The van der Waals surface area contributed by atoms with Crippen molar-refractivity contribution in [2.24, 2.45) is 0 Å². The fraction of sp³-hybridized carbons (Fsp3) is 0.591. The molecule has 2 aromatic rings. The molecule has 0 aliphatic carbocycles. The molecular formula is C22H31N3O3S. The first-order chi connectivity index (χ1) is 14.1. The Labute approximate surface area is 176 Å². The lowest BCUT2D eigenvalue weighted by molar-refractivity contribution is -0.119. The lowest BCUT2D eigenvalue weighted by Gasteiger charge is -2.17. The number of carbonyl (C=O) groups excluding carboxylic acids is 1. The Bertz CT molecular complexity index is 877. The van der Waals surface area contributed by atoms with E-state index in [9.17, 15) is 9.59 Å². The van der Waals surface area contributed by atoms with Crippen molar-refractivity contribution in [3.05, 3.63) is 34.6 Å². The predicted octanol–water partition coefficient (Wildman–Crippen LogP) is 3.75. The van der Waals surface area contributed by atoms with Gasteiger partial charge in [-0.05, 0) is 38.3 Å². The van der Waals surface area contributed by atoms with Crippen LogP contribution in [0.25, 0.3) is 10.9 Å². The number of fused-ring (bicyclic) bond motifs is 1. The van der Waals surface area contributed by atoms with Crippen molar-refractivity contribution >= 4 is 28.6 Å². The summed E-state index contributed by atoms with van der Waals surface area (Å²) in [4.78, 5) is 30.1. The van der Waals surface area contributed by atoms with Gasteiger partial charge < -0.3 is 10.1 Å². The highest BCUT2D eigenvalue weighted by atomic mass is 32.2. The van der Waals surface area contributed by atoms with E-state index in [0.29, 0.717) is 22.6 Å². The van der Waals surface area contributed by atoms with Gasteiger partial charge in [-0.3, -0.25) is 14.2 Å². The van der Waals surface area contributed by atoms with Gasteiger partial charge in [0.15, 0.2) is 5.16 Å². The van der Waals surface area contributed by atoms with Crippen LogP contribution in [-0.4, -0.2) is 40.0 Å². The second kappa shape index (κ2) is 10.8. The number of hydrogen-bond donors (Lipinski definition) is 1. The molecule has 1 aromatic heterocycles. The van der Waals surface area contributed by atoms with Crippen molar-refractivity contribution in [3.63, 3.8) is 0 Å². The summed E-state index contributed by atoms with van der Waals surface area (Å²) < 4.78 is 7.41. The highest BCUT2D eigenvalue weighted by Crippen LogP contribution is 2.21. The number of benzene rings is 1. The van der Waals surface area contributed by atoms with Crippen molar-refractivity contribution in [2.75, 3.05) is 12.4 Å². The smallest absolute Gasteiger partial charge is 0.262 e. The van der Waals surface area contributed by atoms with Crippen molar-refractivity contribution in [1.82, 2.24) is 14.9 Å². The Kier molecular flexibility index (Phi) is 8.12. The average Bonchev–Trinajstić information content (AvgIpc) is 3.22. The van der Waals surface area contributed by atoms with Crippen LogP contribution in [0.2, 0.25) is 0 Å². The molecule has 1 amide bonds. The summed E-state index contributed by atoms with van der Waals surface area (Å²) in [6.45, 7) is 5.43. The van der Waals surface area contributed by atoms with Gasteiger partial charge in [0.25, 0.3) is 5.56 Å². The molecule has 3 rings (SSSR count). The second-order valence-corrected chi connectivity index (χ2v) is 8.66. The standard InChI is InChI=1S/C22H31N3O3S/c1-3-4-5-9-16(2)23-20(26)15-29-22-24-19-12-7-6-11-18(19)21(27)25(22)14-17-10-8-13-28-17/h6-7,11-12,16-17H,3-5,8-10,13-15H2,1-2H3,(H,23,26)/t16-,17+/m0/s1. The van der Waals surface area contributed by atoms with Crippen LogP contribution in [0, 0.1) is 0 Å². The molecule has 6 nitrogen and oxygen atoms in total. The number of amides is 1. The SMILES string of the molecule is CCCCC[C@H](C)NC(=O)CSc1nc2ccccc2c(=O)n1C[C@H]1CCCO1. The summed E-state index contributed by atoms with van der Waals surface area (Å²) in [6, 6.07) is 7.52. The van der Waals surface area contributed by atoms with Crippen LogP contribution in [0.1, 0.15) is 52.4 Å². The molecule has 7 heteroatoms. The van der Waals surface area contributed by atoms with Crippen molar-refractivity contribution in [2.45, 2.75) is 76.2 Å². The van der Waals surface area contributed by atoms with E-state index in [4.69, 9.17) is 4.74 Å². The molecule has 2 atom stereocenters. The van der Waals surface area contributed by atoms with Crippen LogP contribution in [0.5, 0.6) is 0 Å². The summed E-state index contributed by atoms with van der Waals surface area (Å²) in [5.74, 6) is 0.221. The quantitative estimate of drug-likeness (QED) is 0.362. The minimum absolute atomic E-state index is 0.0231. The number of rotatable bonds is 10. The molecule has 0 bridgehead atoms. The third-order valence-electron chi connectivity index (χ3n) is 5.22. The normalized spacial score (nSPS) is 17.5. The number of thioether (sulfide) groups is 1. The van der Waals surface area contributed by atoms with E-state index in [1.165, 1.54) is 24.6 Å². The Morgan fingerprint density at radius 1 is 1.38 bits per heavy atom. The largest absolute Gasteiger partial charge is 0.376 e. The molecule has 1 aliphatic heterocycles. The highest BCUT2D eigenvalue weighted by Gasteiger charge is 2.20. The Balaban J connectivity index is 1.71. The summed E-state index contributed by atoms with van der Waals surface area (Å²) in [5.41, 5.74) is 0.596. The van der Waals surface area contributed by atoms with Gasteiger partial charge >= 0.3 is 0 Å². The number of para-hydroxylation sites is 1. The fourth-order valence-electron chi connectivity index (χ4n) is 3.63. The van der Waals surface area contributed by atoms with E-state index in [1.807, 2.05) is 25.1 Å². The first-order valence-electron chi connectivity index (χ1n) is 10.6. The molecule has 1 saturated heterocycles. The number of carbonyl (C=O) groups is 1. The minimum atomic E-state index is -0.0676. The van der Waals surface area contributed by atoms with Crippen molar-refractivity contribution in [1.29, 1.82) is 0 Å². The minimum Gasteiger partial charge on any atom is -0.376 e. The highest BCUT2D eigenvalue weighted by molar-refractivity contribution is 7.99.